The van der Waals surface area contributed by atoms with Crippen molar-refractivity contribution in [3.63, 3.8) is 0 Å². The molecule has 5 aliphatic heterocycles. The predicted octanol–water partition coefficient (Wildman–Crippen LogP) is 6.99. The van der Waals surface area contributed by atoms with Gasteiger partial charge < -0.3 is 10.0 Å². The lowest BCUT2D eigenvalue weighted by Gasteiger charge is -2.47. The second kappa shape index (κ2) is 15.4. The molecule has 0 amide bonds. The molecule has 35 heavy (non-hydrogen) atoms. The third-order valence-electron chi connectivity index (χ3n) is 9.42. The van der Waals surface area contributed by atoms with Crippen LogP contribution in [0.3, 0.4) is 0 Å². The van der Waals surface area contributed by atoms with Crippen LogP contribution < -0.4 is 0 Å². The molecule has 5 aliphatic rings. The number of fused-ring (bicyclic) bond motifs is 13. The standard InChI is InChI=1S/C32H54N2O/c35-31-19-15-11-7-6-10-14-18-29-25-33-21-16-12-8-4-2-1-3-5-9-13-17-28-23-30(32(29)20-22-33)26-34(24-28)27-31/h6-7,10-11,15,19,28-32,35H,1-5,8-9,12-14,16-18,20-27H2/b10-6-,11-7-,19-15-/t28-,29+,30+,31-,32+/m0/s1. The number of hydrogen-bond donors (Lipinski definition) is 1. The number of rotatable bonds is 0. The molecule has 0 aromatic carbocycles. The molecule has 3 nitrogen and oxygen atoms in total. The lowest BCUT2D eigenvalue weighted by molar-refractivity contribution is 0.00987. The molecule has 4 saturated heterocycles. The van der Waals surface area contributed by atoms with Gasteiger partial charge in [0, 0.05) is 26.2 Å². The molecule has 3 heteroatoms. The van der Waals surface area contributed by atoms with Crippen LogP contribution in [0.15, 0.2) is 36.5 Å². The quantitative estimate of drug-likeness (QED) is 0.403. The third-order valence-corrected chi connectivity index (χ3v) is 9.42. The summed E-state index contributed by atoms with van der Waals surface area (Å²) in [6.45, 7) is 7.15. The van der Waals surface area contributed by atoms with Gasteiger partial charge in [0.1, 0.15) is 0 Å². The van der Waals surface area contributed by atoms with Gasteiger partial charge in [-0.3, -0.25) is 4.90 Å². The lowest BCUT2D eigenvalue weighted by atomic mass is 9.69. The molecule has 0 aromatic heterocycles. The minimum atomic E-state index is -0.361. The Morgan fingerprint density at radius 3 is 2.11 bits per heavy atom. The van der Waals surface area contributed by atoms with Gasteiger partial charge in [-0.05, 0) is 75.3 Å². The Balaban J connectivity index is 1.50. The monoisotopic (exact) mass is 482 g/mol. The molecule has 7 atom stereocenters. The normalized spacial score (nSPS) is 41.6. The maximum Gasteiger partial charge on any atom is 0.0850 e. The van der Waals surface area contributed by atoms with Gasteiger partial charge in [0.15, 0.2) is 0 Å². The van der Waals surface area contributed by atoms with Crippen molar-refractivity contribution >= 4 is 0 Å². The van der Waals surface area contributed by atoms with E-state index in [1.807, 2.05) is 12.2 Å². The van der Waals surface area contributed by atoms with Crippen molar-refractivity contribution in [2.75, 3.05) is 39.3 Å². The molecule has 0 spiro atoms. The maximum atomic E-state index is 10.7. The number of nitrogens with zero attached hydrogens (tertiary/aromatic N) is 2. The van der Waals surface area contributed by atoms with Crippen LogP contribution in [0.2, 0.25) is 0 Å². The second-order valence-corrected chi connectivity index (χ2v) is 12.3. The minimum Gasteiger partial charge on any atom is -0.388 e. The largest absolute Gasteiger partial charge is 0.388 e. The van der Waals surface area contributed by atoms with Crippen molar-refractivity contribution in [2.24, 2.45) is 23.7 Å². The average molecular weight is 483 g/mol. The van der Waals surface area contributed by atoms with Crippen molar-refractivity contribution < 1.29 is 5.11 Å². The molecule has 0 aliphatic carbocycles. The fourth-order valence-corrected chi connectivity index (χ4v) is 7.59. The van der Waals surface area contributed by atoms with E-state index in [0.29, 0.717) is 0 Å². The molecule has 198 valence electrons. The van der Waals surface area contributed by atoms with Crippen molar-refractivity contribution in [1.29, 1.82) is 0 Å². The Morgan fingerprint density at radius 2 is 1.29 bits per heavy atom. The summed E-state index contributed by atoms with van der Waals surface area (Å²) in [5.74, 6) is 3.33. The molecular weight excluding hydrogens is 428 g/mol. The van der Waals surface area contributed by atoms with Crippen molar-refractivity contribution in [1.82, 2.24) is 9.80 Å². The lowest BCUT2D eigenvalue weighted by Crippen LogP contribution is -2.50. The highest BCUT2D eigenvalue weighted by Crippen LogP contribution is 2.40. The molecule has 0 aromatic rings. The van der Waals surface area contributed by atoms with Crippen LogP contribution in [0.25, 0.3) is 0 Å². The zero-order valence-corrected chi connectivity index (χ0v) is 22.5. The first kappa shape index (κ1) is 27.1. The molecule has 6 bridgehead atoms. The summed E-state index contributed by atoms with van der Waals surface area (Å²) < 4.78 is 0. The first-order valence-electron chi connectivity index (χ1n) is 15.4. The first-order chi connectivity index (χ1) is 17.3. The highest BCUT2D eigenvalue weighted by Gasteiger charge is 2.38. The number of hydrogen-bond acceptors (Lipinski definition) is 3. The number of allylic oxidation sites excluding steroid dienone is 5. The van der Waals surface area contributed by atoms with E-state index < -0.39 is 0 Å². The van der Waals surface area contributed by atoms with Gasteiger partial charge in [-0.15, -0.1) is 0 Å². The average Bonchev–Trinajstić information content (AvgIpc) is 2.85. The van der Waals surface area contributed by atoms with E-state index in [0.717, 1.165) is 30.2 Å². The number of aliphatic hydroxyl groups excluding tert-OH is 1. The van der Waals surface area contributed by atoms with E-state index in [9.17, 15) is 5.11 Å². The Bertz CT molecular complexity index is 670. The predicted molar refractivity (Wildman–Crippen MR) is 150 cm³/mol. The molecule has 0 radical (unpaired) electrons. The SMILES string of the molecule is O[C@H]1\C=C/C=C\C=C/CC[C@@H]2CN3CCCCCCCCCCCC[C@H]4C[C@H](CN(C4)C1)[C@@H]2CC3. The molecule has 5 heterocycles. The Hall–Kier alpha value is -0.900. The van der Waals surface area contributed by atoms with Gasteiger partial charge >= 0.3 is 0 Å². The highest BCUT2D eigenvalue weighted by atomic mass is 16.3. The molecule has 2 unspecified atom stereocenters. The van der Waals surface area contributed by atoms with Crippen LogP contribution in [0.4, 0.5) is 0 Å². The van der Waals surface area contributed by atoms with E-state index >= 15 is 0 Å². The molecule has 1 N–H and O–H groups in total. The van der Waals surface area contributed by atoms with Crippen LogP contribution >= 0.6 is 0 Å². The summed E-state index contributed by atoms with van der Waals surface area (Å²) in [5, 5.41) is 10.7. The van der Waals surface area contributed by atoms with Gasteiger partial charge in [-0.2, -0.15) is 0 Å². The van der Waals surface area contributed by atoms with Gasteiger partial charge in [0.2, 0.25) is 0 Å². The Kier molecular flexibility index (Phi) is 11.9. The van der Waals surface area contributed by atoms with Crippen LogP contribution in [0.1, 0.15) is 96.3 Å². The summed E-state index contributed by atoms with van der Waals surface area (Å²) in [5.41, 5.74) is 0. The van der Waals surface area contributed by atoms with Crippen LogP contribution in [-0.2, 0) is 0 Å². The zero-order valence-electron chi connectivity index (χ0n) is 22.5. The van der Waals surface area contributed by atoms with Crippen LogP contribution in [0.5, 0.6) is 0 Å². The van der Waals surface area contributed by atoms with Gasteiger partial charge in [-0.1, -0.05) is 94.2 Å². The van der Waals surface area contributed by atoms with E-state index in [2.05, 4.69) is 34.1 Å². The van der Waals surface area contributed by atoms with Gasteiger partial charge in [0.25, 0.3) is 0 Å². The van der Waals surface area contributed by atoms with E-state index in [1.54, 1.807) is 0 Å². The first-order valence-corrected chi connectivity index (χ1v) is 15.4. The fraction of sp³-hybridized carbons (Fsp3) is 0.812. The van der Waals surface area contributed by atoms with E-state index in [1.165, 1.54) is 129 Å². The molecule has 5 rings (SSSR count). The van der Waals surface area contributed by atoms with Crippen LogP contribution in [-0.4, -0.2) is 60.3 Å². The van der Waals surface area contributed by atoms with Crippen molar-refractivity contribution in [3.8, 4) is 0 Å². The van der Waals surface area contributed by atoms with E-state index in [-0.39, 0.29) is 6.10 Å². The van der Waals surface area contributed by atoms with E-state index in [4.69, 9.17) is 0 Å². The molecule has 4 fully saturated rings. The summed E-state index contributed by atoms with van der Waals surface area (Å²) in [4.78, 5) is 5.46. The zero-order chi connectivity index (χ0) is 24.1. The topological polar surface area (TPSA) is 26.7 Å². The van der Waals surface area contributed by atoms with Gasteiger partial charge in [0.05, 0.1) is 6.10 Å². The summed E-state index contributed by atoms with van der Waals surface area (Å²) in [6.07, 6.45) is 33.5. The van der Waals surface area contributed by atoms with Crippen molar-refractivity contribution in [2.45, 2.75) is 102 Å². The number of piperidine rings is 2. The maximum absolute atomic E-state index is 10.7. The summed E-state index contributed by atoms with van der Waals surface area (Å²) >= 11 is 0. The van der Waals surface area contributed by atoms with Crippen molar-refractivity contribution in [3.05, 3.63) is 36.5 Å². The van der Waals surface area contributed by atoms with Gasteiger partial charge in [-0.25, -0.2) is 0 Å². The molecular formula is C32H54N2O. The highest BCUT2D eigenvalue weighted by molar-refractivity contribution is 5.12. The Morgan fingerprint density at radius 1 is 0.571 bits per heavy atom. The fourth-order valence-electron chi connectivity index (χ4n) is 7.59. The summed E-state index contributed by atoms with van der Waals surface area (Å²) in [7, 11) is 0. The summed E-state index contributed by atoms with van der Waals surface area (Å²) in [6, 6.07) is 0. The van der Waals surface area contributed by atoms with Crippen LogP contribution in [0, 0.1) is 23.7 Å². The number of aliphatic hydroxyl groups is 1. The smallest absolute Gasteiger partial charge is 0.0850 e. The minimum absolute atomic E-state index is 0.361. The second-order valence-electron chi connectivity index (χ2n) is 12.3. The molecule has 0 saturated carbocycles. The Labute approximate surface area is 216 Å². The third kappa shape index (κ3) is 9.48.